The lowest BCUT2D eigenvalue weighted by molar-refractivity contribution is -0.142. The molecule has 1 heterocycles. The second-order valence-corrected chi connectivity index (χ2v) is 5.72. The molecule has 2 rings (SSSR count). The van der Waals surface area contributed by atoms with Crippen LogP contribution in [0.2, 0.25) is 0 Å². The molecule has 0 spiro atoms. The fourth-order valence-corrected chi connectivity index (χ4v) is 2.86. The minimum atomic E-state index is -0.168. The number of nitrogens with zero attached hydrogens (tertiary/aromatic N) is 2. The average molecular weight is 304 g/mol. The predicted octanol–water partition coefficient (Wildman–Crippen LogP) is 1.58. The first-order valence-corrected chi connectivity index (χ1v) is 7.82. The van der Waals surface area contributed by atoms with E-state index in [2.05, 4.69) is 0 Å². The van der Waals surface area contributed by atoms with Crippen molar-refractivity contribution in [3.05, 3.63) is 35.9 Å². The molecule has 0 aromatic heterocycles. The van der Waals surface area contributed by atoms with Crippen LogP contribution in [0.4, 0.5) is 0 Å². The van der Waals surface area contributed by atoms with Crippen molar-refractivity contribution in [2.45, 2.75) is 31.7 Å². The van der Waals surface area contributed by atoms with Crippen LogP contribution in [0.1, 0.15) is 37.3 Å². The number of carbonyl (C=O) groups is 2. The molecular formula is C17H24N2O3. The van der Waals surface area contributed by atoms with E-state index in [1.54, 1.807) is 16.8 Å². The van der Waals surface area contributed by atoms with Gasteiger partial charge in [-0.1, -0.05) is 30.3 Å². The molecule has 1 aliphatic rings. The highest BCUT2D eigenvalue weighted by Crippen LogP contribution is 2.23. The number of carbonyl (C=O) groups excluding carboxylic acids is 2. The Morgan fingerprint density at radius 3 is 2.68 bits per heavy atom. The Kier molecular flexibility index (Phi) is 5.95. The Morgan fingerprint density at radius 2 is 2.05 bits per heavy atom. The minimum Gasteiger partial charge on any atom is -0.396 e. The van der Waals surface area contributed by atoms with Gasteiger partial charge in [-0.05, 0) is 24.8 Å². The second-order valence-electron chi connectivity index (χ2n) is 5.72. The van der Waals surface area contributed by atoms with Gasteiger partial charge in [0.2, 0.25) is 11.8 Å². The monoisotopic (exact) mass is 304 g/mol. The Labute approximate surface area is 131 Å². The van der Waals surface area contributed by atoms with Crippen molar-refractivity contribution in [1.29, 1.82) is 0 Å². The molecule has 0 bridgehead atoms. The standard InChI is InChI=1S/C17H24N2O3/c1-18(15(10-12-20)14-7-3-2-4-8-14)17(22)13-19-11-6-5-9-16(19)21/h2-4,7-8,15,20H,5-6,9-13H2,1H3. The van der Waals surface area contributed by atoms with Crippen molar-refractivity contribution in [1.82, 2.24) is 9.80 Å². The van der Waals surface area contributed by atoms with Crippen LogP contribution in [0, 0.1) is 0 Å². The number of amides is 2. The molecule has 1 saturated heterocycles. The molecule has 5 heteroatoms. The highest BCUT2D eigenvalue weighted by molar-refractivity contribution is 5.85. The molecule has 0 radical (unpaired) electrons. The third-order valence-corrected chi connectivity index (χ3v) is 4.20. The summed E-state index contributed by atoms with van der Waals surface area (Å²) in [4.78, 5) is 27.6. The van der Waals surface area contributed by atoms with Gasteiger partial charge in [0, 0.05) is 26.6 Å². The molecule has 120 valence electrons. The Bertz CT molecular complexity index is 504. The lowest BCUT2D eigenvalue weighted by Gasteiger charge is -2.32. The van der Waals surface area contributed by atoms with Crippen LogP contribution < -0.4 is 0 Å². The molecule has 1 fully saturated rings. The van der Waals surface area contributed by atoms with E-state index in [4.69, 9.17) is 0 Å². The summed E-state index contributed by atoms with van der Waals surface area (Å²) < 4.78 is 0. The maximum absolute atomic E-state index is 12.5. The molecule has 5 nitrogen and oxygen atoms in total. The van der Waals surface area contributed by atoms with Gasteiger partial charge in [-0.3, -0.25) is 9.59 Å². The van der Waals surface area contributed by atoms with Crippen LogP contribution in [0.15, 0.2) is 30.3 Å². The van der Waals surface area contributed by atoms with Crippen molar-refractivity contribution < 1.29 is 14.7 Å². The van der Waals surface area contributed by atoms with Gasteiger partial charge in [0.15, 0.2) is 0 Å². The predicted molar refractivity (Wildman–Crippen MR) is 84.1 cm³/mol. The SMILES string of the molecule is CN(C(=O)CN1CCCCC1=O)C(CCO)c1ccccc1. The fourth-order valence-electron chi connectivity index (χ4n) is 2.86. The number of aliphatic hydroxyl groups excluding tert-OH is 1. The van der Waals surface area contributed by atoms with Gasteiger partial charge in [-0.2, -0.15) is 0 Å². The van der Waals surface area contributed by atoms with E-state index in [1.807, 2.05) is 30.3 Å². The Hall–Kier alpha value is -1.88. The van der Waals surface area contributed by atoms with Gasteiger partial charge in [-0.15, -0.1) is 0 Å². The number of rotatable bonds is 6. The Balaban J connectivity index is 2.04. The molecule has 1 aliphatic heterocycles. The molecule has 1 unspecified atom stereocenters. The zero-order valence-corrected chi connectivity index (χ0v) is 13.1. The van der Waals surface area contributed by atoms with E-state index in [0.717, 1.165) is 18.4 Å². The summed E-state index contributed by atoms with van der Waals surface area (Å²) >= 11 is 0. The van der Waals surface area contributed by atoms with Crippen LogP contribution >= 0.6 is 0 Å². The normalized spacial score (nSPS) is 16.5. The number of likely N-dealkylation sites (tertiary alicyclic amines) is 1. The summed E-state index contributed by atoms with van der Waals surface area (Å²) in [6.07, 6.45) is 2.90. The molecule has 0 aliphatic carbocycles. The highest BCUT2D eigenvalue weighted by Gasteiger charge is 2.26. The van der Waals surface area contributed by atoms with Crippen LogP contribution in [-0.2, 0) is 9.59 Å². The topological polar surface area (TPSA) is 60.9 Å². The third-order valence-electron chi connectivity index (χ3n) is 4.20. The van der Waals surface area contributed by atoms with E-state index in [-0.39, 0.29) is 31.0 Å². The number of likely N-dealkylation sites (N-methyl/N-ethyl adjacent to an activating group) is 1. The van der Waals surface area contributed by atoms with Crippen molar-refractivity contribution in [3.8, 4) is 0 Å². The van der Waals surface area contributed by atoms with E-state index in [9.17, 15) is 14.7 Å². The van der Waals surface area contributed by atoms with E-state index in [1.165, 1.54) is 0 Å². The largest absolute Gasteiger partial charge is 0.396 e. The molecule has 2 amide bonds. The summed E-state index contributed by atoms with van der Waals surface area (Å²) in [5.74, 6) is -0.0241. The maximum atomic E-state index is 12.5. The first-order valence-electron chi connectivity index (χ1n) is 7.82. The van der Waals surface area contributed by atoms with Gasteiger partial charge in [0.25, 0.3) is 0 Å². The van der Waals surface area contributed by atoms with Gasteiger partial charge in [0.05, 0.1) is 12.6 Å². The van der Waals surface area contributed by atoms with E-state index in [0.29, 0.717) is 19.4 Å². The first kappa shape index (κ1) is 16.5. The quantitative estimate of drug-likeness (QED) is 0.868. The van der Waals surface area contributed by atoms with Crippen LogP contribution in [0.5, 0.6) is 0 Å². The van der Waals surface area contributed by atoms with Crippen molar-refractivity contribution in [2.24, 2.45) is 0 Å². The molecule has 1 N–H and O–H groups in total. The Morgan fingerprint density at radius 1 is 1.32 bits per heavy atom. The van der Waals surface area contributed by atoms with Gasteiger partial charge < -0.3 is 14.9 Å². The van der Waals surface area contributed by atoms with Gasteiger partial charge in [-0.25, -0.2) is 0 Å². The third kappa shape index (κ3) is 4.07. The number of aliphatic hydroxyl groups is 1. The molecule has 1 aromatic carbocycles. The van der Waals surface area contributed by atoms with Crippen molar-refractivity contribution in [2.75, 3.05) is 26.7 Å². The smallest absolute Gasteiger partial charge is 0.242 e. The van der Waals surface area contributed by atoms with Crippen molar-refractivity contribution in [3.63, 3.8) is 0 Å². The molecular weight excluding hydrogens is 280 g/mol. The number of hydrogen-bond acceptors (Lipinski definition) is 3. The van der Waals surface area contributed by atoms with Crippen LogP contribution in [0.25, 0.3) is 0 Å². The van der Waals surface area contributed by atoms with E-state index >= 15 is 0 Å². The van der Waals surface area contributed by atoms with Gasteiger partial charge >= 0.3 is 0 Å². The molecule has 1 atom stereocenters. The molecule has 22 heavy (non-hydrogen) atoms. The highest BCUT2D eigenvalue weighted by atomic mass is 16.3. The number of piperidine rings is 1. The summed E-state index contributed by atoms with van der Waals surface area (Å²) in [5.41, 5.74) is 0.998. The van der Waals surface area contributed by atoms with Crippen molar-refractivity contribution >= 4 is 11.8 Å². The second kappa shape index (κ2) is 7.94. The summed E-state index contributed by atoms with van der Waals surface area (Å²) in [6, 6.07) is 9.51. The molecule has 1 aromatic rings. The van der Waals surface area contributed by atoms with Gasteiger partial charge in [0.1, 0.15) is 0 Å². The van der Waals surface area contributed by atoms with Crippen LogP contribution in [0.3, 0.4) is 0 Å². The first-order chi connectivity index (χ1) is 10.6. The minimum absolute atomic E-state index is 0.0137. The summed E-state index contributed by atoms with van der Waals surface area (Å²) in [5, 5.41) is 9.29. The zero-order chi connectivity index (χ0) is 15.9. The number of hydrogen-bond donors (Lipinski definition) is 1. The fraction of sp³-hybridized carbons (Fsp3) is 0.529. The van der Waals surface area contributed by atoms with E-state index < -0.39 is 0 Å². The maximum Gasteiger partial charge on any atom is 0.242 e. The average Bonchev–Trinajstić information content (AvgIpc) is 2.55. The number of benzene rings is 1. The molecule has 0 saturated carbocycles. The lowest BCUT2D eigenvalue weighted by atomic mass is 10.0. The van der Waals surface area contributed by atoms with Crippen LogP contribution in [-0.4, -0.2) is 53.5 Å². The summed E-state index contributed by atoms with van der Waals surface area (Å²) in [6.45, 7) is 0.804. The lowest BCUT2D eigenvalue weighted by Crippen LogP contribution is -2.44. The zero-order valence-electron chi connectivity index (χ0n) is 13.1. The summed E-state index contributed by atoms with van der Waals surface area (Å²) in [7, 11) is 1.74.